The molecule has 0 saturated carbocycles. The van der Waals surface area contributed by atoms with E-state index in [1.807, 2.05) is 12.1 Å². The summed E-state index contributed by atoms with van der Waals surface area (Å²) in [6.45, 7) is 1.91. The van der Waals surface area contributed by atoms with Crippen LogP contribution >= 0.6 is 0 Å². The number of hydrogen-bond acceptors (Lipinski definition) is 3. The first-order chi connectivity index (χ1) is 8.22. The van der Waals surface area contributed by atoms with Crippen molar-refractivity contribution in [2.45, 2.75) is 19.3 Å². The van der Waals surface area contributed by atoms with Crippen LogP contribution in [0.4, 0.5) is 11.4 Å². The number of para-hydroxylation sites is 1. The van der Waals surface area contributed by atoms with Crippen LogP contribution in [0.1, 0.15) is 18.4 Å². The summed E-state index contributed by atoms with van der Waals surface area (Å²) in [5.74, 6) is 0.102. The van der Waals surface area contributed by atoms with Gasteiger partial charge in [0.05, 0.1) is 11.4 Å². The summed E-state index contributed by atoms with van der Waals surface area (Å²) in [5.41, 5.74) is 9.34. The number of nitrogen functional groups attached to an aromatic ring is 1. The van der Waals surface area contributed by atoms with Crippen molar-refractivity contribution in [3.8, 4) is 0 Å². The van der Waals surface area contributed by atoms with Crippen molar-refractivity contribution in [1.82, 2.24) is 5.32 Å². The van der Waals surface area contributed by atoms with Gasteiger partial charge in [-0.05, 0) is 24.5 Å². The maximum absolute atomic E-state index is 11.1. The van der Waals surface area contributed by atoms with Gasteiger partial charge in [-0.3, -0.25) is 4.79 Å². The molecule has 92 valence electrons. The number of amides is 1. The minimum absolute atomic E-state index is 0.102. The molecule has 2 rings (SSSR count). The summed E-state index contributed by atoms with van der Waals surface area (Å²) >= 11 is 0. The highest BCUT2D eigenvalue weighted by atomic mass is 16.1. The molecule has 0 fully saturated rings. The number of nitrogens with two attached hydrogens (primary N) is 1. The van der Waals surface area contributed by atoms with Crippen molar-refractivity contribution < 1.29 is 4.79 Å². The maximum Gasteiger partial charge on any atom is 0.219 e. The summed E-state index contributed by atoms with van der Waals surface area (Å²) in [7, 11) is 1.67. The van der Waals surface area contributed by atoms with Gasteiger partial charge in [0.1, 0.15) is 0 Å². The fraction of sp³-hybridized carbons (Fsp3) is 0.462. The molecule has 3 N–H and O–H groups in total. The predicted octanol–water partition coefficient (Wildman–Crippen LogP) is 1.16. The van der Waals surface area contributed by atoms with E-state index in [4.69, 9.17) is 5.73 Å². The Morgan fingerprint density at radius 3 is 3.12 bits per heavy atom. The van der Waals surface area contributed by atoms with E-state index in [9.17, 15) is 4.79 Å². The van der Waals surface area contributed by atoms with E-state index in [0.717, 1.165) is 31.6 Å². The van der Waals surface area contributed by atoms with Crippen molar-refractivity contribution in [3.63, 3.8) is 0 Å². The molecule has 1 aromatic carbocycles. The Bertz CT molecular complexity index is 417. The minimum atomic E-state index is 0.102. The molecular weight excluding hydrogens is 214 g/mol. The van der Waals surface area contributed by atoms with Gasteiger partial charge in [-0.25, -0.2) is 0 Å². The Balaban J connectivity index is 1.95. The Kier molecular flexibility index (Phi) is 3.52. The first-order valence-corrected chi connectivity index (χ1v) is 6.05. The molecule has 0 bridgehead atoms. The molecule has 1 aliphatic rings. The van der Waals surface area contributed by atoms with Gasteiger partial charge < -0.3 is 16.0 Å². The van der Waals surface area contributed by atoms with Crippen molar-refractivity contribution in [1.29, 1.82) is 0 Å². The van der Waals surface area contributed by atoms with Crippen LogP contribution < -0.4 is 16.0 Å². The lowest BCUT2D eigenvalue weighted by molar-refractivity contribution is -0.120. The monoisotopic (exact) mass is 233 g/mol. The molecule has 1 amide bonds. The van der Waals surface area contributed by atoms with Gasteiger partial charge in [0, 0.05) is 26.6 Å². The first kappa shape index (κ1) is 11.8. The number of benzene rings is 1. The van der Waals surface area contributed by atoms with Crippen LogP contribution in [-0.4, -0.2) is 26.0 Å². The Labute approximate surface area is 102 Å². The smallest absolute Gasteiger partial charge is 0.219 e. The number of nitrogens with zero attached hydrogens (tertiary/aromatic N) is 1. The zero-order chi connectivity index (χ0) is 12.3. The van der Waals surface area contributed by atoms with Gasteiger partial charge in [-0.1, -0.05) is 12.1 Å². The van der Waals surface area contributed by atoms with Gasteiger partial charge in [0.25, 0.3) is 0 Å². The molecule has 0 aromatic heterocycles. The van der Waals surface area contributed by atoms with Gasteiger partial charge in [0.2, 0.25) is 5.91 Å². The van der Waals surface area contributed by atoms with E-state index in [-0.39, 0.29) is 5.91 Å². The van der Waals surface area contributed by atoms with E-state index in [0.29, 0.717) is 6.42 Å². The summed E-state index contributed by atoms with van der Waals surface area (Å²) < 4.78 is 0. The lowest BCUT2D eigenvalue weighted by Crippen LogP contribution is -2.25. The molecule has 0 unspecified atom stereocenters. The number of anilines is 2. The Morgan fingerprint density at radius 2 is 2.35 bits per heavy atom. The highest BCUT2D eigenvalue weighted by molar-refractivity contribution is 5.76. The number of hydrogen-bond donors (Lipinski definition) is 2. The summed E-state index contributed by atoms with van der Waals surface area (Å²) in [5, 5.41) is 2.64. The highest BCUT2D eigenvalue weighted by Gasteiger charge is 2.20. The number of rotatable bonds is 4. The second kappa shape index (κ2) is 5.08. The third-order valence-electron chi connectivity index (χ3n) is 3.23. The van der Waals surface area contributed by atoms with Crippen LogP contribution in [0.15, 0.2) is 18.2 Å². The van der Waals surface area contributed by atoms with Crippen LogP contribution in [0, 0.1) is 0 Å². The minimum Gasteiger partial charge on any atom is -0.397 e. The Hall–Kier alpha value is -1.71. The molecule has 1 heterocycles. The standard InChI is InChI=1S/C13H19N3O/c1-15-12(17)6-3-8-16-9-7-10-4-2-5-11(14)13(10)16/h2,4-5H,3,6-9,14H2,1H3,(H,15,17). The van der Waals surface area contributed by atoms with Crippen LogP contribution in [0.3, 0.4) is 0 Å². The molecule has 0 spiro atoms. The van der Waals surface area contributed by atoms with Gasteiger partial charge in [-0.15, -0.1) is 0 Å². The van der Waals surface area contributed by atoms with E-state index in [1.165, 1.54) is 11.3 Å². The average molecular weight is 233 g/mol. The van der Waals surface area contributed by atoms with E-state index < -0.39 is 0 Å². The summed E-state index contributed by atoms with van der Waals surface area (Å²) in [6, 6.07) is 6.07. The molecule has 4 nitrogen and oxygen atoms in total. The summed E-state index contributed by atoms with van der Waals surface area (Å²) in [4.78, 5) is 13.4. The second-order valence-corrected chi connectivity index (χ2v) is 4.37. The van der Waals surface area contributed by atoms with Crippen LogP contribution in [0.5, 0.6) is 0 Å². The molecule has 0 saturated heterocycles. The topological polar surface area (TPSA) is 58.4 Å². The molecule has 1 aliphatic heterocycles. The fourth-order valence-corrected chi connectivity index (χ4v) is 2.34. The average Bonchev–Trinajstić information content (AvgIpc) is 2.74. The van der Waals surface area contributed by atoms with Crippen LogP contribution in [0.25, 0.3) is 0 Å². The van der Waals surface area contributed by atoms with Crippen molar-refractivity contribution in [2.24, 2.45) is 0 Å². The maximum atomic E-state index is 11.1. The molecule has 4 heteroatoms. The van der Waals surface area contributed by atoms with E-state index >= 15 is 0 Å². The van der Waals surface area contributed by atoms with E-state index in [2.05, 4.69) is 16.3 Å². The third kappa shape index (κ3) is 2.52. The molecule has 1 aromatic rings. The fourth-order valence-electron chi connectivity index (χ4n) is 2.34. The Morgan fingerprint density at radius 1 is 1.53 bits per heavy atom. The van der Waals surface area contributed by atoms with Crippen LogP contribution in [-0.2, 0) is 11.2 Å². The molecule has 0 aliphatic carbocycles. The van der Waals surface area contributed by atoms with Gasteiger partial charge >= 0.3 is 0 Å². The quantitative estimate of drug-likeness (QED) is 0.767. The SMILES string of the molecule is CNC(=O)CCCN1CCc2cccc(N)c21. The predicted molar refractivity (Wildman–Crippen MR) is 70.1 cm³/mol. The zero-order valence-electron chi connectivity index (χ0n) is 10.2. The second-order valence-electron chi connectivity index (χ2n) is 4.37. The number of carbonyl (C=O) groups is 1. The largest absolute Gasteiger partial charge is 0.397 e. The lowest BCUT2D eigenvalue weighted by Gasteiger charge is -2.20. The highest BCUT2D eigenvalue weighted by Crippen LogP contribution is 2.33. The van der Waals surface area contributed by atoms with Gasteiger partial charge in [0.15, 0.2) is 0 Å². The van der Waals surface area contributed by atoms with Crippen LogP contribution in [0.2, 0.25) is 0 Å². The van der Waals surface area contributed by atoms with Crippen molar-refractivity contribution in [3.05, 3.63) is 23.8 Å². The van der Waals surface area contributed by atoms with Crippen molar-refractivity contribution >= 4 is 17.3 Å². The lowest BCUT2D eigenvalue weighted by atomic mass is 10.1. The van der Waals surface area contributed by atoms with Gasteiger partial charge in [-0.2, -0.15) is 0 Å². The van der Waals surface area contributed by atoms with E-state index in [1.54, 1.807) is 7.05 Å². The summed E-state index contributed by atoms with van der Waals surface area (Å²) in [6.07, 6.45) is 2.50. The number of nitrogens with one attached hydrogen (secondary N) is 1. The molecular formula is C13H19N3O. The molecule has 0 radical (unpaired) electrons. The zero-order valence-corrected chi connectivity index (χ0v) is 10.2. The number of carbonyl (C=O) groups excluding carboxylic acids is 1. The number of fused-ring (bicyclic) bond motifs is 1. The first-order valence-electron chi connectivity index (χ1n) is 6.05. The molecule has 0 atom stereocenters. The molecule has 17 heavy (non-hydrogen) atoms. The normalized spacial score (nSPS) is 13.6. The third-order valence-corrected chi connectivity index (χ3v) is 3.23. The van der Waals surface area contributed by atoms with Crippen molar-refractivity contribution in [2.75, 3.05) is 30.8 Å².